The highest BCUT2D eigenvalue weighted by Gasteiger charge is 2.31. The van der Waals surface area contributed by atoms with E-state index in [1.54, 1.807) is 0 Å². The van der Waals surface area contributed by atoms with Gasteiger partial charge in [0.1, 0.15) is 0 Å². The summed E-state index contributed by atoms with van der Waals surface area (Å²) in [6, 6.07) is 0.197. The zero-order valence-electron chi connectivity index (χ0n) is 12.2. The Balaban J connectivity index is 2.30. The third kappa shape index (κ3) is 4.94. The van der Waals surface area contributed by atoms with E-state index < -0.39 is 0 Å². The molecule has 0 bridgehead atoms. The van der Waals surface area contributed by atoms with Crippen LogP contribution >= 0.6 is 0 Å². The third-order valence-electron chi connectivity index (χ3n) is 3.95. The molecular weight excluding hydrogens is 226 g/mol. The van der Waals surface area contributed by atoms with Crippen molar-refractivity contribution < 1.29 is 4.79 Å². The molecule has 0 radical (unpaired) electrons. The Morgan fingerprint density at radius 2 is 1.89 bits per heavy atom. The second-order valence-electron chi connectivity index (χ2n) is 5.70. The Labute approximate surface area is 111 Å². The van der Waals surface area contributed by atoms with Crippen LogP contribution in [0.25, 0.3) is 0 Å². The first-order valence-corrected chi connectivity index (χ1v) is 7.29. The molecule has 0 aromatic heterocycles. The number of likely N-dealkylation sites (N-methyl/N-ethyl adjacent to an activating group) is 1. The molecule has 1 amide bonds. The van der Waals surface area contributed by atoms with Crippen molar-refractivity contribution in [2.75, 3.05) is 19.6 Å². The highest BCUT2D eigenvalue weighted by molar-refractivity contribution is 5.77. The number of rotatable bonds is 7. The summed E-state index contributed by atoms with van der Waals surface area (Å²) < 4.78 is 0. The van der Waals surface area contributed by atoms with E-state index in [1.807, 2.05) is 0 Å². The first kappa shape index (κ1) is 15.4. The van der Waals surface area contributed by atoms with E-state index in [0.717, 1.165) is 32.5 Å². The normalized spacial score (nSPS) is 20.1. The maximum absolute atomic E-state index is 12.0. The van der Waals surface area contributed by atoms with Crippen molar-refractivity contribution in [1.29, 1.82) is 0 Å². The number of nitrogens with two attached hydrogens (primary N) is 1. The Morgan fingerprint density at radius 1 is 1.33 bits per heavy atom. The summed E-state index contributed by atoms with van der Waals surface area (Å²) in [5.41, 5.74) is 5.98. The number of nitrogens with zero attached hydrogens (tertiary/aromatic N) is 1. The largest absolute Gasteiger partial charge is 0.352 e. The van der Waals surface area contributed by atoms with Crippen LogP contribution in [0.3, 0.4) is 0 Å². The van der Waals surface area contributed by atoms with Crippen LogP contribution in [-0.4, -0.2) is 42.0 Å². The molecule has 0 heterocycles. The van der Waals surface area contributed by atoms with Crippen molar-refractivity contribution in [3.8, 4) is 0 Å². The molecular formula is C14H29N3O. The lowest BCUT2D eigenvalue weighted by Gasteiger charge is -2.26. The van der Waals surface area contributed by atoms with Gasteiger partial charge in [0.05, 0.1) is 0 Å². The van der Waals surface area contributed by atoms with Crippen molar-refractivity contribution in [2.45, 2.75) is 64.5 Å². The third-order valence-corrected chi connectivity index (χ3v) is 3.95. The van der Waals surface area contributed by atoms with Gasteiger partial charge in [0, 0.05) is 24.5 Å². The first-order chi connectivity index (χ1) is 8.49. The van der Waals surface area contributed by atoms with Crippen LogP contribution < -0.4 is 11.1 Å². The fraction of sp³-hybridized carbons (Fsp3) is 0.929. The van der Waals surface area contributed by atoms with Gasteiger partial charge in [-0.3, -0.25) is 4.79 Å². The van der Waals surface area contributed by atoms with E-state index >= 15 is 0 Å². The molecule has 106 valence electrons. The minimum Gasteiger partial charge on any atom is -0.352 e. The maximum Gasteiger partial charge on any atom is 0.222 e. The summed E-state index contributed by atoms with van der Waals surface area (Å²) in [4.78, 5) is 14.3. The van der Waals surface area contributed by atoms with Crippen LogP contribution in [0.1, 0.15) is 52.9 Å². The fourth-order valence-corrected chi connectivity index (χ4v) is 2.82. The van der Waals surface area contributed by atoms with E-state index in [0.29, 0.717) is 6.42 Å². The van der Waals surface area contributed by atoms with Gasteiger partial charge in [0.15, 0.2) is 0 Å². The minimum absolute atomic E-state index is 0.110. The molecule has 1 rings (SSSR count). The smallest absolute Gasteiger partial charge is 0.222 e. The Hall–Kier alpha value is -0.610. The van der Waals surface area contributed by atoms with Crippen molar-refractivity contribution in [1.82, 2.24) is 10.2 Å². The molecule has 0 saturated heterocycles. The number of carbonyl (C=O) groups excluding carboxylic acids is 1. The Kier molecular flexibility index (Phi) is 6.09. The maximum atomic E-state index is 12.0. The van der Waals surface area contributed by atoms with Crippen LogP contribution in [0, 0.1) is 0 Å². The quantitative estimate of drug-likeness (QED) is 0.725. The molecule has 1 unspecified atom stereocenters. The summed E-state index contributed by atoms with van der Waals surface area (Å²) in [7, 11) is 0. The summed E-state index contributed by atoms with van der Waals surface area (Å²) in [6.45, 7) is 9.32. The van der Waals surface area contributed by atoms with Crippen molar-refractivity contribution >= 4 is 5.91 Å². The standard InChI is InChI=1S/C14H29N3O/c1-4-17(5-2)11-12(3)16-13(18)10-14(15)8-6-7-9-14/h12H,4-11,15H2,1-3H3,(H,16,18). The predicted octanol–water partition coefficient (Wildman–Crippen LogP) is 1.49. The van der Waals surface area contributed by atoms with E-state index in [-0.39, 0.29) is 17.5 Å². The highest BCUT2D eigenvalue weighted by atomic mass is 16.1. The van der Waals surface area contributed by atoms with E-state index in [1.165, 1.54) is 12.8 Å². The zero-order valence-corrected chi connectivity index (χ0v) is 12.2. The average molecular weight is 255 g/mol. The van der Waals surface area contributed by atoms with Gasteiger partial charge in [-0.05, 0) is 32.9 Å². The lowest BCUT2D eigenvalue weighted by Crippen LogP contribution is -2.46. The first-order valence-electron chi connectivity index (χ1n) is 7.29. The molecule has 1 saturated carbocycles. The predicted molar refractivity (Wildman–Crippen MR) is 75.4 cm³/mol. The molecule has 18 heavy (non-hydrogen) atoms. The second kappa shape index (κ2) is 7.10. The van der Waals surface area contributed by atoms with Crippen LogP contribution in [0.5, 0.6) is 0 Å². The SMILES string of the molecule is CCN(CC)CC(C)NC(=O)CC1(N)CCCC1. The topological polar surface area (TPSA) is 58.4 Å². The van der Waals surface area contributed by atoms with Gasteiger partial charge in [-0.2, -0.15) is 0 Å². The van der Waals surface area contributed by atoms with Gasteiger partial charge in [0.2, 0.25) is 5.91 Å². The summed E-state index contributed by atoms with van der Waals surface area (Å²) in [5.74, 6) is 0.110. The van der Waals surface area contributed by atoms with Gasteiger partial charge < -0.3 is 16.0 Å². The molecule has 1 atom stereocenters. The summed E-state index contributed by atoms with van der Waals surface area (Å²) in [5, 5.41) is 3.07. The van der Waals surface area contributed by atoms with Crippen molar-refractivity contribution in [3.63, 3.8) is 0 Å². The fourth-order valence-electron chi connectivity index (χ4n) is 2.82. The van der Waals surface area contributed by atoms with Crippen LogP contribution in [0.15, 0.2) is 0 Å². The Bertz CT molecular complexity index is 258. The highest BCUT2D eigenvalue weighted by Crippen LogP contribution is 2.29. The minimum atomic E-state index is -0.237. The molecule has 1 aliphatic rings. The van der Waals surface area contributed by atoms with Crippen LogP contribution in [-0.2, 0) is 4.79 Å². The molecule has 0 spiro atoms. The Morgan fingerprint density at radius 3 is 2.39 bits per heavy atom. The molecule has 0 aromatic carbocycles. The number of hydrogen-bond acceptors (Lipinski definition) is 3. The molecule has 4 nitrogen and oxygen atoms in total. The van der Waals surface area contributed by atoms with E-state index in [9.17, 15) is 4.79 Å². The summed E-state index contributed by atoms with van der Waals surface area (Å²) >= 11 is 0. The van der Waals surface area contributed by atoms with Gasteiger partial charge in [-0.15, -0.1) is 0 Å². The summed E-state index contributed by atoms with van der Waals surface area (Å²) in [6.07, 6.45) is 4.79. The number of amides is 1. The van der Waals surface area contributed by atoms with Crippen molar-refractivity contribution in [2.24, 2.45) is 5.73 Å². The average Bonchev–Trinajstić information content (AvgIpc) is 2.72. The molecule has 0 aliphatic heterocycles. The molecule has 1 aliphatic carbocycles. The van der Waals surface area contributed by atoms with Gasteiger partial charge in [-0.1, -0.05) is 26.7 Å². The van der Waals surface area contributed by atoms with Crippen molar-refractivity contribution in [3.05, 3.63) is 0 Å². The molecule has 1 fully saturated rings. The molecule has 0 aromatic rings. The molecule has 3 N–H and O–H groups in total. The molecule has 4 heteroatoms. The van der Waals surface area contributed by atoms with Gasteiger partial charge >= 0.3 is 0 Å². The van der Waals surface area contributed by atoms with Gasteiger partial charge in [-0.25, -0.2) is 0 Å². The lowest BCUT2D eigenvalue weighted by atomic mass is 9.94. The van der Waals surface area contributed by atoms with Crippen LogP contribution in [0.2, 0.25) is 0 Å². The number of nitrogens with one attached hydrogen (secondary N) is 1. The lowest BCUT2D eigenvalue weighted by molar-refractivity contribution is -0.123. The van der Waals surface area contributed by atoms with Gasteiger partial charge in [0.25, 0.3) is 0 Å². The zero-order chi connectivity index (χ0) is 13.6. The number of carbonyl (C=O) groups is 1. The number of hydrogen-bond donors (Lipinski definition) is 2. The monoisotopic (exact) mass is 255 g/mol. The van der Waals surface area contributed by atoms with Crippen LogP contribution in [0.4, 0.5) is 0 Å². The second-order valence-corrected chi connectivity index (χ2v) is 5.70. The van der Waals surface area contributed by atoms with E-state index in [4.69, 9.17) is 5.73 Å². The van der Waals surface area contributed by atoms with E-state index in [2.05, 4.69) is 31.0 Å².